The van der Waals surface area contributed by atoms with Crippen LogP contribution < -0.4 is 5.32 Å². The van der Waals surface area contributed by atoms with Gasteiger partial charge < -0.3 is 5.32 Å². The molecular weight excluding hydrogens is 419 g/mol. The molecule has 0 spiro atoms. The third-order valence-electron chi connectivity index (χ3n) is 4.11. The highest BCUT2D eigenvalue weighted by molar-refractivity contribution is 7.99. The molecule has 1 amide bonds. The van der Waals surface area contributed by atoms with Crippen LogP contribution >= 0.6 is 23.1 Å². The summed E-state index contributed by atoms with van der Waals surface area (Å²) < 4.78 is 13.0. The number of thiazole rings is 1. The number of nitrogens with one attached hydrogen (secondary N) is 1. The van der Waals surface area contributed by atoms with Crippen molar-refractivity contribution in [3.05, 3.63) is 58.9 Å². The van der Waals surface area contributed by atoms with Gasteiger partial charge in [-0.15, -0.1) is 23.1 Å². The fourth-order valence-corrected chi connectivity index (χ4v) is 4.38. The summed E-state index contributed by atoms with van der Waals surface area (Å²) in [4.78, 5) is 21.2. The molecule has 0 aliphatic rings. The van der Waals surface area contributed by atoms with Gasteiger partial charge in [-0.1, -0.05) is 13.8 Å². The van der Waals surface area contributed by atoms with Gasteiger partial charge in [0.25, 0.3) is 0 Å². The van der Waals surface area contributed by atoms with Crippen molar-refractivity contribution in [3.63, 3.8) is 0 Å². The highest BCUT2D eigenvalue weighted by Crippen LogP contribution is 2.26. The predicted octanol–water partition coefficient (Wildman–Crippen LogP) is 5.54. The van der Waals surface area contributed by atoms with Gasteiger partial charge in [0.2, 0.25) is 5.91 Å². The van der Waals surface area contributed by atoms with Gasteiger partial charge in [0, 0.05) is 28.8 Å². The van der Waals surface area contributed by atoms with E-state index in [0.29, 0.717) is 33.1 Å². The van der Waals surface area contributed by atoms with Gasteiger partial charge in [0.05, 0.1) is 11.3 Å². The molecule has 0 aliphatic heterocycles. The lowest BCUT2D eigenvalue weighted by atomic mass is 10.1. The maximum Gasteiger partial charge on any atom is 0.226 e. The van der Waals surface area contributed by atoms with Crippen LogP contribution in [0.1, 0.15) is 31.5 Å². The quantitative estimate of drug-likeness (QED) is 0.466. The fraction of sp³-hybridized carbons (Fsp3) is 0.273. The van der Waals surface area contributed by atoms with E-state index in [4.69, 9.17) is 0 Å². The van der Waals surface area contributed by atoms with Gasteiger partial charge in [-0.05, 0) is 48.7 Å². The monoisotopic (exact) mass is 440 g/mol. The van der Waals surface area contributed by atoms with Gasteiger partial charge in [0.15, 0.2) is 5.13 Å². The van der Waals surface area contributed by atoms with Crippen molar-refractivity contribution in [3.8, 4) is 17.3 Å². The number of rotatable bonds is 8. The third kappa shape index (κ3) is 6.12. The van der Waals surface area contributed by atoms with Gasteiger partial charge in [0.1, 0.15) is 16.9 Å². The van der Waals surface area contributed by atoms with Gasteiger partial charge in [-0.2, -0.15) is 5.26 Å². The second kappa shape index (κ2) is 10.3. The maximum absolute atomic E-state index is 13.0. The number of hydrogen-bond acceptors (Lipinski definition) is 6. The van der Waals surface area contributed by atoms with Crippen LogP contribution in [0.2, 0.25) is 0 Å². The Bertz CT molecular complexity index is 1060. The number of anilines is 1. The SMILES string of the molecule is CC(C)Cc1ccc(C#N)c(SCCC(=O)Nc2nc(-c3ccc(F)cc3)cs2)n1. The first-order valence-corrected chi connectivity index (χ1v) is 11.3. The van der Waals surface area contributed by atoms with E-state index in [1.54, 1.807) is 18.2 Å². The molecule has 3 aromatic rings. The first-order valence-electron chi connectivity index (χ1n) is 9.48. The molecule has 0 aliphatic carbocycles. The second-order valence-electron chi connectivity index (χ2n) is 7.06. The summed E-state index contributed by atoms with van der Waals surface area (Å²) in [6.07, 6.45) is 1.12. The smallest absolute Gasteiger partial charge is 0.226 e. The number of carbonyl (C=O) groups excluding carboxylic acids is 1. The first-order chi connectivity index (χ1) is 14.4. The molecule has 30 heavy (non-hydrogen) atoms. The molecule has 2 heterocycles. The Morgan fingerprint density at radius 2 is 2.00 bits per heavy atom. The Morgan fingerprint density at radius 1 is 1.23 bits per heavy atom. The van der Waals surface area contributed by atoms with E-state index in [0.717, 1.165) is 17.7 Å². The van der Waals surface area contributed by atoms with E-state index in [1.165, 1.54) is 35.2 Å². The number of hydrogen-bond donors (Lipinski definition) is 1. The summed E-state index contributed by atoms with van der Waals surface area (Å²) in [5, 5.41) is 15.1. The largest absolute Gasteiger partial charge is 0.302 e. The van der Waals surface area contributed by atoms with Crippen molar-refractivity contribution in [2.75, 3.05) is 11.1 Å². The van der Waals surface area contributed by atoms with E-state index < -0.39 is 0 Å². The molecule has 0 radical (unpaired) electrons. The molecule has 0 saturated carbocycles. The topological polar surface area (TPSA) is 78.7 Å². The zero-order valence-electron chi connectivity index (χ0n) is 16.7. The van der Waals surface area contributed by atoms with Crippen LogP contribution in [-0.2, 0) is 11.2 Å². The van der Waals surface area contributed by atoms with E-state index in [9.17, 15) is 14.4 Å². The molecule has 154 valence electrons. The summed E-state index contributed by atoms with van der Waals surface area (Å²) in [5.41, 5.74) is 2.96. The van der Waals surface area contributed by atoms with Gasteiger partial charge >= 0.3 is 0 Å². The number of pyridine rings is 1. The molecule has 3 rings (SSSR count). The number of carbonyl (C=O) groups is 1. The van der Waals surface area contributed by atoms with E-state index >= 15 is 0 Å². The van der Waals surface area contributed by atoms with Crippen molar-refractivity contribution < 1.29 is 9.18 Å². The van der Waals surface area contributed by atoms with E-state index in [-0.39, 0.29) is 18.1 Å². The molecule has 1 N–H and O–H groups in total. The zero-order chi connectivity index (χ0) is 21.5. The number of nitriles is 1. The molecule has 1 aromatic carbocycles. The summed E-state index contributed by atoms with van der Waals surface area (Å²) in [6, 6.07) is 11.9. The molecule has 0 unspecified atom stereocenters. The predicted molar refractivity (Wildman–Crippen MR) is 119 cm³/mol. The summed E-state index contributed by atoms with van der Waals surface area (Å²) >= 11 is 2.73. The zero-order valence-corrected chi connectivity index (χ0v) is 18.3. The molecule has 5 nitrogen and oxygen atoms in total. The highest BCUT2D eigenvalue weighted by Gasteiger charge is 2.11. The van der Waals surface area contributed by atoms with Crippen LogP contribution in [0.5, 0.6) is 0 Å². The number of amides is 1. The van der Waals surface area contributed by atoms with Crippen molar-refractivity contribution >= 4 is 34.1 Å². The Balaban J connectivity index is 1.54. The normalized spacial score (nSPS) is 10.8. The average molecular weight is 441 g/mol. The van der Waals surface area contributed by atoms with E-state index in [1.807, 2.05) is 11.4 Å². The molecule has 8 heteroatoms. The van der Waals surface area contributed by atoms with Crippen LogP contribution in [0.15, 0.2) is 46.8 Å². The summed E-state index contributed by atoms with van der Waals surface area (Å²) in [7, 11) is 0. The Morgan fingerprint density at radius 3 is 2.70 bits per heavy atom. The molecule has 2 aromatic heterocycles. The van der Waals surface area contributed by atoms with Crippen LogP contribution in [0.3, 0.4) is 0 Å². The maximum atomic E-state index is 13.0. The minimum absolute atomic E-state index is 0.153. The minimum Gasteiger partial charge on any atom is -0.302 e. The van der Waals surface area contributed by atoms with E-state index in [2.05, 4.69) is 35.2 Å². The van der Waals surface area contributed by atoms with Gasteiger partial charge in [-0.25, -0.2) is 14.4 Å². The molecule has 0 bridgehead atoms. The average Bonchev–Trinajstić information content (AvgIpc) is 3.16. The van der Waals surface area contributed by atoms with Crippen molar-refractivity contribution in [1.82, 2.24) is 9.97 Å². The van der Waals surface area contributed by atoms with Crippen molar-refractivity contribution in [1.29, 1.82) is 5.26 Å². The Hall–Kier alpha value is -2.76. The number of halogens is 1. The number of thioether (sulfide) groups is 1. The number of aromatic nitrogens is 2. The lowest BCUT2D eigenvalue weighted by Crippen LogP contribution is -2.12. The highest BCUT2D eigenvalue weighted by atomic mass is 32.2. The fourth-order valence-electron chi connectivity index (χ4n) is 2.71. The third-order valence-corrected chi connectivity index (χ3v) is 5.86. The minimum atomic E-state index is -0.302. The Labute approximate surface area is 183 Å². The lowest BCUT2D eigenvalue weighted by Gasteiger charge is -2.08. The second-order valence-corrected chi connectivity index (χ2v) is 9.00. The van der Waals surface area contributed by atoms with Crippen molar-refractivity contribution in [2.45, 2.75) is 31.7 Å². The lowest BCUT2D eigenvalue weighted by molar-refractivity contribution is -0.115. The molecule has 0 fully saturated rings. The first kappa shape index (κ1) is 21.9. The molecule has 0 saturated heterocycles. The van der Waals surface area contributed by atoms with Crippen molar-refractivity contribution in [2.24, 2.45) is 5.92 Å². The van der Waals surface area contributed by atoms with Crippen LogP contribution in [0.4, 0.5) is 9.52 Å². The number of nitrogens with zero attached hydrogens (tertiary/aromatic N) is 3. The standard InChI is InChI=1S/C22H21FN4OS2/c1-14(2)11-18-8-5-16(12-24)21(25-18)29-10-9-20(28)27-22-26-19(13-30-22)15-3-6-17(23)7-4-15/h3-8,13-14H,9-11H2,1-2H3,(H,26,27,28). The molecular formula is C22H21FN4OS2. The van der Waals surface area contributed by atoms with Crippen LogP contribution in [-0.4, -0.2) is 21.6 Å². The molecule has 0 atom stereocenters. The van der Waals surface area contributed by atoms with Gasteiger partial charge in [-0.3, -0.25) is 4.79 Å². The summed E-state index contributed by atoms with van der Waals surface area (Å²) in [6.45, 7) is 4.24. The van der Waals surface area contributed by atoms with Crippen LogP contribution in [0, 0.1) is 23.1 Å². The Kier molecular flexibility index (Phi) is 7.55. The summed E-state index contributed by atoms with van der Waals surface area (Å²) in [5.74, 6) is 0.532. The van der Waals surface area contributed by atoms with Crippen LogP contribution in [0.25, 0.3) is 11.3 Å². The number of benzene rings is 1.